The Morgan fingerprint density at radius 2 is 1.79 bits per heavy atom. The number of carbonyl (C=O) groups is 1. The van der Waals surface area contributed by atoms with Gasteiger partial charge in [-0.25, -0.2) is 13.1 Å². The first-order valence-electron chi connectivity index (χ1n) is 11.3. The van der Waals surface area contributed by atoms with Crippen LogP contribution in [0.2, 0.25) is 0 Å². The van der Waals surface area contributed by atoms with E-state index in [4.69, 9.17) is 9.62 Å². The fourth-order valence-electron chi connectivity index (χ4n) is 4.85. The highest BCUT2D eigenvalue weighted by Gasteiger charge is 2.35. The van der Waals surface area contributed by atoms with Crippen molar-refractivity contribution in [3.05, 3.63) is 58.7 Å². The lowest BCUT2D eigenvalue weighted by atomic mass is 10.2. The molecule has 1 aliphatic heterocycles. The molecule has 3 aromatic rings. The Labute approximate surface area is 193 Å². The molecule has 3 heterocycles. The molecule has 5 rings (SSSR count). The second-order valence-electron chi connectivity index (χ2n) is 8.58. The molecule has 10 heteroatoms. The van der Waals surface area contributed by atoms with Crippen molar-refractivity contribution in [1.82, 2.24) is 24.1 Å². The highest BCUT2D eigenvalue weighted by atomic mass is 32.2. The van der Waals surface area contributed by atoms with Gasteiger partial charge in [0.1, 0.15) is 10.6 Å². The van der Waals surface area contributed by atoms with Crippen molar-refractivity contribution in [3.63, 3.8) is 0 Å². The summed E-state index contributed by atoms with van der Waals surface area (Å²) in [5, 5.41) is 8.50. The molecule has 2 aliphatic rings. The van der Waals surface area contributed by atoms with Gasteiger partial charge in [-0.2, -0.15) is 9.40 Å². The Hall–Kier alpha value is -2.98. The Bertz CT molecular complexity index is 1280. The maximum Gasteiger partial charge on any atom is 0.274 e. The van der Waals surface area contributed by atoms with E-state index in [0.717, 1.165) is 36.2 Å². The number of nitrogens with zero attached hydrogens (tertiary/aromatic N) is 5. The molecule has 0 bridgehead atoms. The molecule has 33 heavy (non-hydrogen) atoms. The molecule has 1 saturated heterocycles. The number of aromatic nitrogens is 3. The summed E-state index contributed by atoms with van der Waals surface area (Å²) < 4.78 is 34.8. The highest BCUT2D eigenvalue weighted by molar-refractivity contribution is 7.89. The molecular weight excluding hydrogens is 442 g/mol. The van der Waals surface area contributed by atoms with Crippen molar-refractivity contribution in [1.29, 1.82) is 0 Å². The molecule has 174 valence electrons. The third kappa shape index (κ3) is 3.76. The molecule has 0 atom stereocenters. The van der Waals surface area contributed by atoms with E-state index in [1.807, 2.05) is 35.0 Å². The molecule has 2 aromatic heterocycles. The smallest absolute Gasteiger partial charge is 0.274 e. The van der Waals surface area contributed by atoms with Crippen LogP contribution in [-0.2, 0) is 22.9 Å². The van der Waals surface area contributed by atoms with Crippen molar-refractivity contribution < 1.29 is 17.7 Å². The van der Waals surface area contributed by atoms with Gasteiger partial charge in [0.25, 0.3) is 5.91 Å². The SMILES string of the molecule is Cc1noc(C)c1S(=O)(=O)N1CCCN(C(=O)c2nn(-c3ccccc3)c3c2CCC3)CC1. The standard InChI is InChI=1S/C23H27N5O4S/c1-16-22(17(2)32-25-16)33(30,31)27-13-7-12-26(14-15-27)23(29)21-19-10-6-11-20(19)28(24-21)18-8-4-3-5-9-18/h3-5,8-9H,6-7,10-15H2,1-2H3. The van der Waals surface area contributed by atoms with Crippen LogP contribution in [0.4, 0.5) is 0 Å². The van der Waals surface area contributed by atoms with Crippen LogP contribution in [0.5, 0.6) is 0 Å². The fraction of sp³-hybridized carbons (Fsp3) is 0.435. The summed E-state index contributed by atoms with van der Waals surface area (Å²) in [4.78, 5) is 15.4. The van der Waals surface area contributed by atoms with E-state index in [2.05, 4.69) is 5.16 Å². The predicted octanol–water partition coefficient (Wildman–Crippen LogP) is 2.50. The first-order chi connectivity index (χ1) is 15.9. The van der Waals surface area contributed by atoms with Crippen LogP contribution >= 0.6 is 0 Å². The molecule has 0 N–H and O–H groups in total. The molecule has 0 spiro atoms. The second-order valence-corrected chi connectivity index (χ2v) is 10.5. The van der Waals surface area contributed by atoms with Gasteiger partial charge >= 0.3 is 0 Å². The quantitative estimate of drug-likeness (QED) is 0.582. The van der Waals surface area contributed by atoms with E-state index in [1.54, 1.807) is 18.7 Å². The first kappa shape index (κ1) is 21.8. The Balaban J connectivity index is 1.38. The van der Waals surface area contributed by atoms with Gasteiger partial charge < -0.3 is 9.42 Å². The van der Waals surface area contributed by atoms with Crippen molar-refractivity contribution in [3.8, 4) is 5.69 Å². The van der Waals surface area contributed by atoms with Gasteiger partial charge in [-0.3, -0.25) is 4.79 Å². The fourth-order valence-corrected chi connectivity index (χ4v) is 6.61. The zero-order valence-corrected chi connectivity index (χ0v) is 19.6. The molecule has 0 saturated carbocycles. The zero-order chi connectivity index (χ0) is 23.2. The molecule has 1 amide bonds. The van der Waals surface area contributed by atoms with Gasteiger partial charge in [0, 0.05) is 37.4 Å². The topological polar surface area (TPSA) is 102 Å². The summed E-state index contributed by atoms with van der Waals surface area (Å²) in [5.74, 6) is 0.158. The average molecular weight is 470 g/mol. The molecule has 9 nitrogen and oxygen atoms in total. The highest BCUT2D eigenvalue weighted by Crippen LogP contribution is 2.29. The lowest BCUT2D eigenvalue weighted by Gasteiger charge is -2.21. The minimum atomic E-state index is -3.74. The van der Waals surface area contributed by atoms with E-state index in [9.17, 15) is 13.2 Å². The lowest BCUT2D eigenvalue weighted by Crippen LogP contribution is -2.38. The molecule has 1 aliphatic carbocycles. The largest absolute Gasteiger partial charge is 0.360 e. The summed E-state index contributed by atoms with van der Waals surface area (Å²) in [6.45, 7) is 4.59. The maximum absolute atomic E-state index is 13.5. The third-order valence-corrected chi connectivity index (χ3v) is 8.59. The number of hydrogen-bond donors (Lipinski definition) is 0. The Kier molecular flexibility index (Phi) is 5.57. The predicted molar refractivity (Wildman–Crippen MR) is 121 cm³/mol. The number of amides is 1. The molecule has 1 fully saturated rings. The van der Waals surface area contributed by atoms with Crippen LogP contribution in [0.15, 0.2) is 39.8 Å². The summed E-state index contributed by atoms with van der Waals surface area (Å²) in [5.41, 5.74) is 3.91. The number of para-hydroxylation sites is 1. The van der Waals surface area contributed by atoms with Crippen LogP contribution in [0.25, 0.3) is 5.69 Å². The summed E-state index contributed by atoms with van der Waals surface area (Å²) in [6, 6.07) is 9.86. The first-order valence-corrected chi connectivity index (χ1v) is 12.7. The number of benzene rings is 1. The van der Waals surface area contributed by atoms with Gasteiger partial charge in [-0.05, 0) is 51.7 Å². The van der Waals surface area contributed by atoms with Crippen molar-refractivity contribution >= 4 is 15.9 Å². The average Bonchev–Trinajstić information content (AvgIpc) is 3.44. The van der Waals surface area contributed by atoms with Gasteiger partial charge in [0.15, 0.2) is 11.5 Å². The number of fused-ring (bicyclic) bond motifs is 1. The minimum absolute atomic E-state index is 0.126. The van der Waals surface area contributed by atoms with Crippen LogP contribution in [0, 0.1) is 13.8 Å². The van der Waals surface area contributed by atoms with Crippen molar-refractivity contribution in [2.75, 3.05) is 26.2 Å². The third-order valence-electron chi connectivity index (χ3n) is 6.44. The van der Waals surface area contributed by atoms with Crippen LogP contribution in [0.1, 0.15) is 46.0 Å². The number of rotatable bonds is 4. The normalized spacial score (nSPS) is 17.2. The van der Waals surface area contributed by atoms with E-state index in [-0.39, 0.29) is 23.1 Å². The van der Waals surface area contributed by atoms with E-state index < -0.39 is 10.0 Å². The lowest BCUT2D eigenvalue weighted by molar-refractivity contribution is 0.0756. The van der Waals surface area contributed by atoms with E-state index in [1.165, 1.54) is 4.31 Å². The van der Waals surface area contributed by atoms with Crippen LogP contribution in [-0.4, -0.2) is 64.6 Å². The molecule has 0 radical (unpaired) electrons. The minimum Gasteiger partial charge on any atom is -0.360 e. The van der Waals surface area contributed by atoms with Gasteiger partial charge in [-0.1, -0.05) is 23.4 Å². The maximum atomic E-state index is 13.5. The molecule has 0 unspecified atom stereocenters. The van der Waals surface area contributed by atoms with Crippen LogP contribution in [0.3, 0.4) is 0 Å². The summed E-state index contributed by atoms with van der Waals surface area (Å²) in [7, 11) is -3.74. The monoisotopic (exact) mass is 469 g/mol. The van der Waals surface area contributed by atoms with Gasteiger partial charge in [0.05, 0.1) is 5.69 Å². The van der Waals surface area contributed by atoms with Crippen LogP contribution < -0.4 is 0 Å². The molecule has 1 aromatic carbocycles. The number of sulfonamides is 1. The summed E-state index contributed by atoms with van der Waals surface area (Å²) in [6.07, 6.45) is 3.29. The van der Waals surface area contributed by atoms with Crippen molar-refractivity contribution in [2.24, 2.45) is 0 Å². The van der Waals surface area contributed by atoms with E-state index in [0.29, 0.717) is 37.4 Å². The van der Waals surface area contributed by atoms with Gasteiger partial charge in [0.2, 0.25) is 10.0 Å². The summed E-state index contributed by atoms with van der Waals surface area (Å²) >= 11 is 0. The number of hydrogen-bond acceptors (Lipinski definition) is 6. The zero-order valence-electron chi connectivity index (χ0n) is 18.8. The Morgan fingerprint density at radius 3 is 2.52 bits per heavy atom. The number of aryl methyl sites for hydroxylation is 2. The Morgan fingerprint density at radius 1 is 1.00 bits per heavy atom. The second kappa shape index (κ2) is 8.42. The van der Waals surface area contributed by atoms with E-state index >= 15 is 0 Å². The molecular formula is C23H27N5O4S. The number of carbonyl (C=O) groups excluding carboxylic acids is 1. The van der Waals surface area contributed by atoms with Crippen molar-refractivity contribution in [2.45, 2.75) is 44.4 Å². The van der Waals surface area contributed by atoms with Gasteiger partial charge in [-0.15, -0.1) is 0 Å².